The van der Waals surface area contributed by atoms with E-state index in [4.69, 9.17) is 14.2 Å². The summed E-state index contributed by atoms with van der Waals surface area (Å²) in [4.78, 5) is 25.7. The van der Waals surface area contributed by atoms with E-state index < -0.39 is 11.7 Å². The van der Waals surface area contributed by atoms with Crippen LogP contribution in [0.3, 0.4) is 0 Å². The van der Waals surface area contributed by atoms with E-state index in [0.29, 0.717) is 32.2 Å². The van der Waals surface area contributed by atoms with Gasteiger partial charge in [-0.05, 0) is 58.8 Å². The van der Waals surface area contributed by atoms with Crippen molar-refractivity contribution in [3.63, 3.8) is 0 Å². The van der Waals surface area contributed by atoms with Crippen LogP contribution in [-0.2, 0) is 19.0 Å². The third-order valence-electron chi connectivity index (χ3n) is 4.12. The molecule has 1 heterocycles. The van der Waals surface area contributed by atoms with Crippen molar-refractivity contribution in [1.82, 2.24) is 4.90 Å². The molecule has 0 aliphatic carbocycles. The fourth-order valence-corrected chi connectivity index (χ4v) is 2.47. The second kappa shape index (κ2) is 10.00. The predicted molar refractivity (Wildman–Crippen MR) is 96.4 cm³/mol. The van der Waals surface area contributed by atoms with E-state index in [1.54, 1.807) is 11.8 Å². The Balaban J connectivity index is 2.23. The van der Waals surface area contributed by atoms with Gasteiger partial charge in [0.1, 0.15) is 5.60 Å². The van der Waals surface area contributed by atoms with Crippen LogP contribution in [0.25, 0.3) is 0 Å². The quantitative estimate of drug-likeness (QED) is 0.651. The summed E-state index contributed by atoms with van der Waals surface area (Å²) in [6.07, 6.45) is 1.76. The van der Waals surface area contributed by atoms with E-state index in [1.165, 1.54) is 0 Å². The SMILES string of the molecule is CC(C)CCOC(C)C(=O)OCC1CCN(C(=O)OC(C)(C)C)CC1. The molecule has 1 fully saturated rings. The van der Waals surface area contributed by atoms with Gasteiger partial charge in [-0.3, -0.25) is 0 Å². The molecule has 6 heteroatoms. The monoisotopic (exact) mass is 357 g/mol. The molecule has 1 rings (SSSR count). The average Bonchev–Trinajstić information content (AvgIpc) is 2.50. The van der Waals surface area contributed by atoms with Crippen LogP contribution in [0, 0.1) is 11.8 Å². The summed E-state index contributed by atoms with van der Waals surface area (Å²) < 4.78 is 16.3. The van der Waals surface area contributed by atoms with Crippen molar-refractivity contribution < 1.29 is 23.8 Å². The minimum absolute atomic E-state index is 0.268. The number of hydrogen-bond donors (Lipinski definition) is 0. The van der Waals surface area contributed by atoms with Gasteiger partial charge in [0.2, 0.25) is 0 Å². The average molecular weight is 357 g/mol. The third kappa shape index (κ3) is 9.10. The number of carbonyl (C=O) groups is 2. The topological polar surface area (TPSA) is 65.1 Å². The molecule has 1 atom stereocenters. The number of nitrogens with zero attached hydrogens (tertiary/aromatic N) is 1. The smallest absolute Gasteiger partial charge is 0.410 e. The molecular formula is C19H35NO5. The van der Waals surface area contributed by atoms with Gasteiger partial charge in [-0.25, -0.2) is 9.59 Å². The lowest BCUT2D eigenvalue weighted by Crippen LogP contribution is -2.42. The standard InChI is InChI=1S/C19H35NO5/c1-14(2)9-12-23-15(3)17(21)24-13-16-7-10-20(11-8-16)18(22)25-19(4,5)6/h14-16H,7-13H2,1-6H3. The lowest BCUT2D eigenvalue weighted by molar-refractivity contribution is -0.158. The van der Waals surface area contributed by atoms with Crippen LogP contribution in [0.4, 0.5) is 4.79 Å². The van der Waals surface area contributed by atoms with Crippen molar-refractivity contribution in [3.8, 4) is 0 Å². The van der Waals surface area contributed by atoms with E-state index >= 15 is 0 Å². The van der Waals surface area contributed by atoms with E-state index in [1.807, 2.05) is 20.8 Å². The van der Waals surface area contributed by atoms with Crippen molar-refractivity contribution in [2.45, 2.75) is 72.5 Å². The normalized spacial score (nSPS) is 17.5. The van der Waals surface area contributed by atoms with Crippen LogP contribution in [0.5, 0.6) is 0 Å². The summed E-state index contributed by atoms with van der Waals surface area (Å²) in [6.45, 7) is 13.8. The molecule has 0 bridgehead atoms. The van der Waals surface area contributed by atoms with Gasteiger partial charge in [-0.15, -0.1) is 0 Å². The van der Waals surface area contributed by atoms with Gasteiger partial charge in [0.05, 0.1) is 6.61 Å². The summed E-state index contributed by atoms with van der Waals surface area (Å²) >= 11 is 0. The molecule has 1 amide bonds. The zero-order valence-electron chi connectivity index (χ0n) is 16.7. The van der Waals surface area contributed by atoms with Crippen LogP contribution in [0.15, 0.2) is 0 Å². The summed E-state index contributed by atoms with van der Waals surface area (Å²) in [7, 11) is 0. The summed E-state index contributed by atoms with van der Waals surface area (Å²) in [5, 5.41) is 0. The van der Waals surface area contributed by atoms with E-state index in [2.05, 4.69) is 13.8 Å². The second-order valence-electron chi connectivity index (χ2n) is 8.24. The van der Waals surface area contributed by atoms with Crippen LogP contribution in [-0.4, -0.2) is 55.0 Å². The van der Waals surface area contributed by atoms with Crippen LogP contribution in [0.2, 0.25) is 0 Å². The first-order chi connectivity index (χ1) is 11.6. The Morgan fingerprint density at radius 3 is 2.24 bits per heavy atom. The molecule has 1 aliphatic rings. The van der Waals surface area contributed by atoms with Crippen molar-refractivity contribution in [3.05, 3.63) is 0 Å². The number of ether oxygens (including phenoxy) is 3. The number of hydrogen-bond acceptors (Lipinski definition) is 5. The number of rotatable bonds is 7. The molecule has 0 saturated carbocycles. The number of amides is 1. The molecule has 0 aromatic carbocycles. The van der Waals surface area contributed by atoms with Crippen molar-refractivity contribution >= 4 is 12.1 Å². The van der Waals surface area contributed by atoms with Gasteiger partial charge < -0.3 is 19.1 Å². The molecule has 1 saturated heterocycles. The molecule has 0 spiro atoms. The predicted octanol–water partition coefficient (Wildman–Crippen LogP) is 3.63. The molecule has 1 unspecified atom stereocenters. The fraction of sp³-hybridized carbons (Fsp3) is 0.895. The molecule has 146 valence electrons. The number of esters is 1. The van der Waals surface area contributed by atoms with Gasteiger partial charge in [0.25, 0.3) is 0 Å². The Morgan fingerprint density at radius 2 is 1.72 bits per heavy atom. The molecule has 25 heavy (non-hydrogen) atoms. The van der Waals surface area contributed by atoms with Crippen LogP contribution >= 0.6 is 0 Å². The second-order valence-corrected chi connectivity index (χ2v) is 8.24. The summed E-state index contributed by atoms with van der Waals surface area (Å²) in [5.41, 5.74) is -0.477. The number of piperidine rings is 1. The molecule has 0 aromatic heterocycles. The van der Waals surface area contributed by atoms with Gasteiger partial charge in [0.15, 0.2) is 6.10 Å². The lowest BCUT2D eigenvalue weighted by atomic mass is 9.98. The van der Waals surface area contributed by atoms with Crippen molar-refractivity contribution in [2.75, 3.05) is 26.3 Å². The zero-order valence-corrected chi connectivity index (χ0v) is 16.7. The number of likely N-dealkylation sites (tertiary alicyclic amines) is 1. The van der Waals surface area contributed by atoms with Gasteiger partial charge >= 0.3 is 12.1 Å². The minimum Gasteiger partial charge on any atom is -0.463 e. The Bertz CT molecular complexity index is 422. The van der Waals surface area contributed by atoms with Gasteiger partial charge in [-0.2, -0.15) is 0 Å². The maximum Gasteiger partial charge on any atom is 0.410 e. The highest BCUT2D eigenvalue weighted by molar-refractivity contribution is 5.74. The highest BCUT2D eigenvalue weighted by Crippen LogP contribution is 2.20. The fourth-order valence-electron chi connectivity index (χ4n) is 2.47. The van der Waals surface area contributed by atoms with Crippen molar-refractivity contribution in [2.24, 2.45) is 11.8 Å². The van der Waals surface area contributed by atoms with E-state index in [0.717, 1.165) is 19.3 Å². The first kappa shape index (κ1) is 21.7. The van der Waals surface area contributed by atoms with Crippen LogP contribution in [0.1, 0.15) is 60.8 Å². The summed E-state index contributed by atoms with van der Waals surface area (Å²) in [5.74, 6) is 0.530. The lowest BCUT2D eigenvalue weighted by Gasteiger charge is -2.33. The molecule has 0 N–H and O–H groups in total. The Hall–Kier alpha value is -1.30. The van der Waals surface area contributed by atoms with Gasteiger partial charge in [0, 0.05) is 19.7 Å². The Kier molecular flexibility index (Phi) is 8.69. The Labute approximate surface area is 152 Å². The molecule has 0 aromatic rings. The van der Waals surface area contributed by atoms with Crippen molar-refractivity contribution in [1.29, 1.82) is 0 Å². The largest absolute Gasteiger partial charge is 0.463 e. The minimum atomic E-state index is -0.527. The molecular weight excluding hydrogens is 322 g/mol. The van der Waals surface area contributed by atoms with Crippen LogP contribution < -0.4 is 0 Å². The van der Waals surface area contributed by atoms with E-state index in [-0.39, 0.29) is 18.0 Å². The van der Waals surface area contributed by atoms with E-state index in [9.17, 15) is 9.59 Å². The highest BCUT2D eigenvalue weighted by Gasteiger charge is 2.27. The molecule has 6 nitrogen and oxygen atoms in total. The number of carbonyl (C=O) groups excluding carboxylic acids is 2. The third-order valence-corrected chi connectivity index (χ3v) is 4.12. The maximum atomic E-state index is 12.0. The molecule has 1 aliphatic heterocycles. The first-order valence-electron chi connectivity index (χ1n) is 9.34. The highest BCUT2D eigenvalue weighted by atomic mass is 16.6. The summed E-state index contributed by atoms with van der Waals surface area (Å²) in [6, 6.07) is 0. The first-order valence-corrected chi connectivity index (χ1v) is 9.34. The Morgan fingerprint density at radius 1 is 1.12 bits per heavy atom. The maximum absolute atomic E-state index is 12.0. The molecule has 0 radical (unpaired) electrons. The van der Waals surface area contributed by atoms with Gasteiger partial charge in [-0.1, -0.05) is 13.8 Å². The zero-order chi connectivity index (χ0) is 19.0.